The quantitative estimate of drug-likeness (QED) is 0.793. The van der Waals surface area contributed by atoms with Gasteiger partial charge in [0.15, 0.2) is 0 Å². The van der Waals surface area contributed by atoms with Crippen LogP contribution in [0.3, 0.4) is 0 Å². The zero-order chi connectivity index (χ0) is 12.9. The maximum absolute atomic E-state index is 3.42. The van der Waals surface area contributed by atoms with E-state index in [4.69, 9.17) is 0 Å². The van der Waals surface area contributed by atoms with Crippen molar-refractivity contribution in [2.75, 3.05) is 20.1 Å². The van der Waals surface area contributed by atoms with Crippen molar-refractivity contribution in [3.05, 3.63) is 0 Å². The summed E-state index contributed by atoms with van der Waals surface area (Å²) < 4.78 is 0. The lowest BCUT2D eigenvalue weighted by Crippen LogP contribution is -2.48. The Morgan fingerprint density at radius 2 is 2.00 bits per heavy atom. The monoisotopic (exact) mass is 240 g/mol. The summed E-state index contributed by atoms with van der Waals surface area (Å²) in [5, 5.41) is 3.42. The lowest BCUT2D eigenvalue weighted by atomic mass is 9.84. The maximum Gasteiger partial charge on any atom is 0.00991 e. The summed E-state index contributed by atoms with van der Waals surface area (Å²) in [7, 11) is 2.08. The summed E-state index contributed by atoms with van der Waals surface area (Å²) in [4.78, 5) is 2.75. The lowest BCUT2D eigenvalue weighted by Gasteiger charge is -2.40. The van der Waals surface area contributed by atoms with Crippen LogP contribution >= 0.6 is 0 Å². The van der Waals surface area contributed by atoms with E-state index >= 15 is 0 Å². The standard InChI is InChI=1S/C15H32N2/c1-6-14-10-8-7-9-11-17(14)12-15(3,4)13(2)16-5/h13-14,16H,6-12H2,1-5H3. The highest BCUT2D eigenvalue weighted by Crippen LogP contribution is 2.27. The fourth-order valence-corrected chi connectivity index (χ4v) is 2.96. The summed E-state index contributed by atoms with van der Waals surface area (Å²) in [6.07, 6.45) is 6.96. The number of rotatable bonds is 5. The minimum Gasteiger partial charge on any atom is -0.317 e. The van der Waals surface area contributed by atoms with Gasteiger partial charge in [-0.25, -0.2) is 0 Å². The molecule has 0 aliphatic carbocycles. The molecule has 1 rings (SSSR count). The predicted molar refractivity (Wildman–Crippen MR) is 76.4 cm³/mol. The zero-order valence-corrected chi connectivity index (χ0v) is 12.6. The number of hydrogen-bond acceptors (Lipinski definition) is 2. The van der Waals surface area contributed by atoms with Gasteiger partial charge in [-0.2, -0.15) is 0 Å². The van der Waals surface area contributed by atoms with Crippen LogP contribution in [0.2, 0.25) is 0 Å². The Bertz CT molecular complexity index is 213. The topological polar surface area (TPSA) is 15.3 Å². The minimum atomic E-state index is 0.354. The summed E-state index contributed by atoms with van der Waals surface area (Å²) in [6, 6.07) is 1.39. The molecular weight excluding hydrogens is 208 g/mol. The van der Waals surface area contributed by atoms with Gasteiger partial charge in [-0.05, 0) is 45.2 Å². The molecule has 1 N–H and O–H groups in total. The largest absolute Gasteiger partial charge is 0.317 e. The van der Waals surface area contributed by atoms with Crippen LogP contribution in [-0.2, 0) is 0 Å². The van der Waals surface area contributed by atoms with Gasteiger partial charge in [0.05, 0.1) is 0 Å². The minimum absolute atomic E-state index is 0.354. The van der Waals surface area contributed by atoms with Crippen molar-refractivity contribution >= 4 is 0 Å². The second-order valence-electron chi connectivity index (χ2n) is 6.38. The molecule has 1 fully saturated rings. The van der Waals surface area contributed by atoms with Crippen LogP contribution in [-0.4, -0.2) is 37.1 Å². The molecule has 1 saturated heterocycles. The second kappa shape index (κ2) is 6.75. The van der Waals surface area contributed by atoms with Crippen molar-refractivity contribution in [2.45, 2.75) is 71.9 Å². The van der Waals surface area contributed by atoms with Gasteiger partial charge < -0.3 is 5.32 Å². The van der Waals surface area contributed by atoms with Crippen molar-refractivity contribution in [1.29, 1.82) is 0 Å². The van der Waals surface area contributed by atoms with Crippen molar-refractivity contribution < 1.29 is 0 Å². The van der Waals surface area contributed by atoms with Crippen LogP contribution in [0.25, 0.3) is 0 Å². The van der Waals surface area contributed by atoms with Gasteiger partial charge in [0.25, 0.3) is 0 Å². The van der Waals surface area contributed by atoms with E-state index in [1.165, 1.54) is 45.2 Å². The fraction of sp³-hybridized carbons (Fsp3) is 1.00. The van der Waals surface area contributed by atoms with Crippen molar-refractivity contribution in [2.24, 2.45) is 5.41 Å². The highest BCUT2D eigenvalue weighted by molar-refractivity contribution is 4.86. The Kier molecular flexibility index (Phi) is 5.94. The first-order valence-electron chi connectivity index (χ1n) is 7.42. The molecule has 0 saturated carbocycles. The molecule has 0 aromatic carbocycles. The Morgan fingerprint density at radius 3 is 2.59 bits per heavy atom. The molecule has 1 aliphatic heterocycles. The lowest BCUT2D eigenvalue weighted by molar-refractivity contribution is 0.107. The van der Waals surface area contributed by atoms with Crippen LogP contribution in [0, 0.1) is 5.41 Å². The van der Waals surface area contributed by atoms with Gasteiger partial charge in [0.2, 0.25) is 0 Å². The van der Waals surface area contributed by atoms with Gasteiger partial charge in [0, 0.05) is 18.6 Å². The van der Waals surface area contributed by atoms with Crippen LogP contribution in [0.4, 0.5) is 0 Å². The number of nitrogens with one attached hydrogen (secondary N) is 1. The first kappa shape index (κ1) is 15.0. The van der Waals surface area contributed by atoms with E-state index in [1.807, 2.05) is 0 Å². The molecule has 0 aromatic heterocycles. The van der Waals surface area contributed by atoms with E-state index in [0.29, 0.717) is 11.5 Å². The molecular formula is C15H32N2. The average Bonchev–Trinajstić information content (AvgIpc) is 2.52. The third-order valence-corrected chi connectivity index (χ3v) is 4.69. The third-order valence-electron chi connectivity index (χ3n) is 4.69. The molecule has 2 heteroatoms. The van der Waals surface area contributed by atoms with Crippen LogP contribution in [0.5, 0.6) is 0 Å². The van der Waals surface area contributed by atoms with Crippen LogP contribution in [0.1, 0.15) is 59.8 Å². The smallest absolute Gasteiger partial charge is 0.00991 e. The first-order chi connectivity index (χ1) is 8.01. The molecule has 2 unspecified atom stereocenters. The molecule has 1 heterocycles. The highest BCUT2D eigenvalue weighted by Gasteiger charge is 2.30. The SMILES string of the molecule is CCC1CCCCCN1CC(C)(C)C(C)NC. The highest BCUT2D eigenvalue weighted by atomic mass is 15.2. The van der Waals surface area contributed by atoms with Crippen LogP contribution < -0.4 is 5.32 Å². The Labute approximate surface area is 108 Å². The zero-order valence-electron chi connectivity index (χ0n) is 12.6. The van der Waals surface area contributed by atoms with Crippen molar-refractivity contribution in [1.82, 2.24) is 10.2 Å². The van der Waals surface area contributed by atoms with Gasteiger partial charge >= 0.3 is 0 Å². The van der Waals surface area contributed by atoms with Gasteiger partial charge in [-0.1, -0.05) is 33.6 Å². The Balaban J connectivity index is 2.62. The molecule has 0 amide bonds. The number of nitrogens with zero attached hydrogens (tertiary/aromatic N) is 1. The fourth-order valence-electron chi connectivity index (χ4n) is 2.96. The second-order valence-corrected chi connectivity index (χ2v) is 6.38. The summed E-state index contributed by atoms with van der Waals surface area (Å²) in [5.41, 5.74) is 0.354. The van der Waals surface area contributed by atoms with Crippen molar-refractivity contribution in [3.63, 3.8) is 0 Å². The van der Waals surface area contributed by atoms with E-state index in [9.17, 15) is 0 Å². The Morgan fingerprint density at radius 1 is 1.29 bits per heavy atom. The summed E-state index contributed by atoms with van der Waals surface area (Å²) >= 11 is 0. The van der Waals surface area contributed by atoms with Gasteiger partial charge in [-0.3, -0.25) is 4.90 Å². The maximum atomic E-state index is 3.42. The average molecular weight is 240 g/mol. The van der Waals surface area contributed by atoms with E-state index in [-0.39, 0.29) is 0 Å². The molecule has 0 aromatic rings. The Hall–Kier alpha value is -0.0800. The number of likely N-dealkylation sites (tertiary alicyclic amines) is 1. The van der Waals surface area contributed by atoms with E-state index in [1.54, 1.807) is 0 Å². The third kappa shape index (κ3) is 4.26. The van der Waals surface area contributed by atoms with Gasteiger partial charge in [-0.15, -0.1) is 0 Å². The normalized spacial score (nSPS) is 25.6. The molecule has 0 spiro atoms. The molecule has 1 aliphatic rings. The molecule has 0 bridgehead atoms. The van der Waals surface area contributed by atoms with Crippen LogP contribution in [0.15, 0.2) is 0 Å². The molecule has 0 radical (unpaired) electrons. The van der Waals surface area contributed by atoms with E-state index in [0.717, 1.165) is 6.04 Å². The first-order valence-corrected chi connectivity index (χ1v) is 7.42. The van der Waals surface area contributed by atoms with E-state index < -0.39 is 0 Å². The molecule has 2 atom stereocenters. The van der Waals surface area contributed by atoms with E-state index in [2.05, 4.69) is 45.0 Å². The predicted octanol–water partition coefficient (Wildman–Crippen LogP) is 3.28. The molecule has 102 valence electrons. The molecule has 2 nitrogen and oxygen atoms in total. The van der Waals surface area contributed by atoms with Crippen molar-refractivity contribution in [3.8, 4) is 0 Å². The summed E-state index contributed by atoms with van der Waals surface area (Å²) in [5.74, 6) is 0. The summed E-state index contributed by atoms with van der Waals surface area (Å²) in [6.45, 7) is 12.0. The molecule has 17 heavy (non-hydrogen) atoms. The number of hydrogen-bond donors (Lipinski definition) is 1. The van der Waals surface area contributed by atoms with Gasteiger partial charge in [0.1, 0.15) is 0 Å².